The molecule has 4 N–H and O–H groups in total. The quantitative estimate of drug-likeness (QED) is 0.373. The van der Waals surface area contributed by atoms with Crippen LogP contribution < -0.4 is 26.0 Å². The van der Waals surface area contributed by atoms with E-state index in [0.717, 1.165) is 60.0 Å². The number of aliphatic imine (C=N–C) groups is 1. The molecule has 2 saturated heterocycles. The number of aromatic nitrogens is 2. The van der Waals surface area contributed by atoms with Crippen molar-refractivity contribution >= 4 is 35.0 Å². The van der Waals surface area contributed by atoms with Crippen LogP contribution in [0.5, 0.6) is 5.75 Å². The lowest BCUT2D eigenvalue weighted by Crippen LogP contribution is -2.35. The number of hydrogen-bond donors (Lipinski definition) is 3. The van der Waals surface area contributed by atoms with Crippen molar-refractivity contribution in [3.63, 3.8) is 0 Å². The summed E-state index contributed by atoms with van der Waals surface area (Å²) in [6, 6.07) is 14.3. The number of ether oxygens (including phenoxy) is 1. The summed E-state index contributed by atoms with van der Waals surface area (Å²) in [4.78, 5) is 23.2. The Morgan fingerprint density at radius 2 is 2.00 bits per heavy atom. The molecule has 10 heteroatoms. The number of allylic oxidation sites excluding steroid dienone is 1. The van der Waals surface area contributed by atoms with Gasteiger partial charge in [-0.1, -0.05) is 26.8 Å². The molecule has 3 aliphatic heterocycles. The molecule has 230 valence electrons. The fourth-order valence-electron chi connectivity index (χ4n) is 7.47. The summed E-state index contributed by atoms with van der Waals surface area (Å²) in [5.41, 5.74) is 13.3. The number of nitrogens with one attached hydrogen (secondary N) is 2. The fourth-order valence-corrected chi connectivity index (χ4v) is 7.47. The van der Waals surface area contributed by atoms with E-state index in [1.165, 1.54) is 31.5 Å². The maximum atomic E-state index is 13.4. The van der Waals surface area contributed by atoms with Crippen LogP contribution in [0, 0.1) is 5.41 Å². The minimum Gasteiger partial charge on any atom is -0.497 e. The molecule has 4 heterocycles. The fraction of sp³-hybridized carbons (Fsp3) is 0.441. The summed E-state index contributed by atoms with van der Waals surface area (Å²) in [7, 11) is 1.69. The Morgan fingerprint density at radius 3 is 2.80 bits per heavy atom. The van der Waals surface area contributed by atoms with Gasteiger partial charge in [-0.05, 0) is 85.3 Å². The highest BCUT2D eigenvalue weighted by Gasteiger charge is 2.43. The normalized spacial score (nSPS) is 23.9. The van der Waals surface area contributed by atoms with Crippen molar-refractivity contribution in [1.82, 2.24) is 20.0 Å². The van der Waals surface area contributed by atoms with E-state index in [4.69, 9.17) is 15.5 Å². The first-order chi connectivity index (χ1) is 21.2. The van der Waals surface area contributed by atoms with E-state index in [2.05, 4.69) is 70.6 Å². The van der Waals surface area contributed by atoms with E-state index < -0.39 is 6.29 Å². The van der Waals surface area contributed by atoms with Crippen LogP contribution in [-0.2, 0) is 5.41 Å². The number of nitrogens with zero attached hydrogens (tertiary/aromatic N) is 5. The van der Waals surface area contributed by atoms with Gasteiger partial charge in [0.05, 0.1) is 7.11 Å². The summed E-state index contributed by atoms with van der Waals surface area (Å²) in [6.07, 6.45) is 6.37. The number of benzene rings is 2. The highest BCUT2D eigenvalue weighted by Crippen LogP contribution is 2.44. The lowest BCUT2D eigenvalue weighted by molar-refractivity contribution is 0.102. The number of carbonyl (C=O) groups is 1. The van der Waals surface area contributed by atoms with Gasteiger partial charge in [-0.25, -0.2) is 9.67 Å². The summed E-state index contributed by atoms with van der Waals surface area (Å²) in [5, 5.41) is 11.1. The summed E-state index contributed by atoms with van der Waals surface area (Å²) < 4.78 is 7.13. The first kappa shape index (κ1) is 28.5. The third-order valence-electron chi connectivity index (χ3n) is 9.95. The Kier molecular flexibility index (Phi) is 6.92. The van der Waals surface area contributed by atoms with Gasteiger partial charge in [-0.3, -0.25) is 4.79 Å². The second kappa shape index (κ2) is 10.7. The van der Waals surface area contributed by atoms with Crippen molar-refractivity contribution in [2.75, 3.05) is 55.8 Å². The van der Waals surface area contributed by atoms with Crippen molar-refractivity contribution in [2.24, 2.45) is 10.4 Å². The number of methoxy groups -OCH3 is 1. The molecule has 2 unspecified atom stereocenters. The lowest BCUT2D eigenvalue weighted by Gasteiger charge is -2.37. The van der Waals surface area contributed by atoms with Crippen molar-refractivity contribution in [3.05, 3.63) is 70.9 Å². The molecule has 1 aliphatic carbocycles. The number of amides is 1. The maximum Gasteiger partial charge on any atom is 0.261 e. The lowest BCUT2D eigenvalue weighted by atomic mass is 9.71. The molecule has 2 atom stereocenters. The average molecular weight is 595 g/mol. The zero-order valence-corrected chi connectivity index (χ0v) is 26.1. The summed E-state index contributed by atoms with van der Waals surface area (Å²) >= 11 is 0. The Morgan fingerprint density at radius 1 is 1.16 bits per heavy atom. The van der Waals surface area contributed by atoms with Gasteiger partial charge in [-0.2, -0.15) is 5.10 Å². The highest BCUT2D eigenvalue weighted by atomic mass is 16.5. The third kappa shape index (κ3) is 5.00. The van der Waals surface area contributed by atoms with E-state index in [0.29, 0.717) is 11.0 Å². The Labute approximate surface area is 259 Å². The van der Waals surface area contributed by atoms with Crippen LogP contribution in [0.25, 0.3) is 5.70 Å². The summed E-state index contributed by atoms with van der Waals surface area (Å²) in [6.45, 7) is 12.3. The largest absolute Gasteiger partial charge is 0.497 e. The Hall–Kier alpha value is -4.31. The van der Waals surface area contributed by atoms with E-state index in [1.807, 2.05) is 24.4 Å². The number of fused-ring (bicyclic) bond motifs is 2. The first-order valence-corrected chi connectivity index (χ1v) is 15.6. The molecule has 1 amide bonds. The minimum absolute atomic E-state index is 0.0646. The molecule has 0 saturated carbocycles. The molecular weight excluding hydrogens is 552 g/mol. The number of likely N-dealkylation sites (tertiary alicyclic amines) is 1. The molecule has 44 heavy (non-hydrogen) atoms. The molecule has 10 nitrogen and oxygen atoms in total. The molecule has 2 fully saturated rings. The third-order valence-corrected chi connectivity index (χ3v) is 9.95. The number of nitrogens with two attached hydrogens (primary N) is 1. The van der Waals surface area contributed by atoms with Gasteiger partial charge in [0.25, 0.3) is 5.91 Å². The second-order valence-corrected chi connectivity index (χ2v) is 13.4. The van der Waals surface area contributed by atoms with Gasteiger partial charge in [0.2, 0.25) is 6.29 Å². The Bertz CT molecular complexity index is 1670. The van der Waals surface area contributed by atoms with Gasteiger partial charge in [0.1, 0.15) is 11.3 Å². The smallest absolute Gasteiger partial charge is 0.261 e. The van der Waals surface area contributed by atoms with Crippen LogP contribution >= 0.6 is 0 Å². The van der Waals surface area contributed by atoms with Gasteiger partial charge in [0.15, 0.2) is 5.82 Å². The van der Waals surface area contributed by atoms with Crippen LogP contribution in [0.2, 0.25) is 0 Å². The monoisotopic (exact) mass is 594 g/mol. The van der Waals surface area contributed by atoms with Crippen molar-refractivity contribution in [2.45, 2.75) is 51.7 Å². The van der Waals surface area contributed by atoms with Gasteiger partial charge >= 0.3 is 0 Å². The van der Waals surface area contributed by atoms with Crippen molar-refractivity contribution in [1.29, 1.82) is 0 Å². The summed E-state index contributed by atoms with van der Waals surface area (Å²) in [5.74, 6) is 0.702. The topological polar surface area (TPSA) is 113 Å². The van der Waals surface area contributed by atoms with E-state index in [-0.39, 0.29) is 17.1 Å². The van der Waals surface area contributed by atoms with Crippen LogP contribution in [0.1, 0.15) is 67.8 Å². The second-order valence-electron chi connectivity index (χ2n) is 13.4. The molecular formula is C34H42N8O2. The Balaban J connectivity index is 1.06. The van der Waals surface area contributed by atoms with Gasteiger partial charge in [0, 0.05) is 60.1 Å². The van der Waals surface area contributed by atoms with E-state index in [9.17, 15) is 4.79 Å². The van der Waals surface area contributed by atoms with Gasteiger partial charge in [-0.15, -0.1) is 0 Å². The molecule has 4 aliphatic rings. The van der Waals surface area contributed by atoms with E-state index in [1.54, 1.807) is 18.0 Å². The first-order valence-electron chi connectivity index (χ1n) is 15.6. The molecule has 1 spiro atoms. The zero-order valence-electron chi connectivity index (χ0n) is 26.1. The van der Waals surface area contributed by atoms with Crippen molar-refractivity contribution < 1.29 is 9.53 Å². The molecule has 0 bridgehead atoms. The van der Waals surface area contributed by atoms with Crippen molar-refractivity contribution in [3.8, 4) is 5.75 Å². The molecule has 1 aromatic heterocycles. The SMILES string of the molecule is CCN1CCC2(CCN(c3cccc(NC(=O)c4cn(C5N=CC6=C(N5)c5ccc(OC)cc5C(C)(C)C6)nc4N)c3)C2)C1. The number of nitrogen functional groups attached to an aromatic ring is 1. The number of hydrogen-bond acceptors (Lipinski definition) is 8. The highest BCUT2D eigenvalue weighted by molar-refractivity contribution is 6.07. The zero-order chi connectivity index (χ0) is 30.6. The number of carbonyl (C=O) groups excluding carboxylic acids is 1. The number of anilines is 3. The average Bonchev–Trinajstić information content (AvgIpc) is 3.75. The van der Waals surface area contributed by atoms with Crippen LogP contribution in [0.15, 0.2) is 59.2 Å². The number of rotatable bonds is 6. The predicted molar refractivity (Wildman–Crippen MR) is 175 cm³/mol. The predicted octanol–water partition coefficient (Wildman–Crippen LogP) is 4.87. The van der Waals surface area contributed by atoms with Crippen LogP contribution in [-0.4, -0.2) is 66.6 Å². The van der Waals surface area contributed by atoms with Crippen LogP contribution in [0.4, 0.5) is 17.2 Å². The standard InChI is InChI=1S/C34H42N8O2/c1-5-40-13-11-34(20-40)12-14-41(21-34)24-8-6-7-23(15-24)37-31(43)27-19-42(39-30(27)35)32-36-18-22-17-33(2,3)28-16-25(44-4)9-10-26(28)29(22)38-32/h6-10,15-16,18-19,32,38H,5,11-14,17,20-21H2,1-4H3,(H2,35,39)(H,37,43). The van der Waals surface area contributed by atoms with Gasteiger partial charge < -0.3 is 30.9 Å². The minimum atomic E-state index is -0.529. The van der Waals surface area contributed by atoms with E-state index >= 15 is 0 Å². The molecule has 3 aromatic rings. The maximum absolute atomic E-state index is 13.4. The molecule has 7 rings (SSSR count). The molecule has 0 radical (unpaired) electrons. The molecule has 2 aromatic carbocycles. The van der Waals surface area contributed by atoms with Crippen LogP contribution in [0.3, 0.4) is 0 Å².